The Morgan fingerprint density at radius 2 is 2.07 bits per heavy atom. The van der Waals surface area contributed by atoms with Crippen molar-refractivity contribution in [2.24, 2.45) is 0 Å². The van der Waals surface area contributed by atoms with Gasteiger partial charge in [0, 0.05) is 5.69 Å². The number of guanidine groups is 1. The van der Waals surface area contributed by atoms with E-state index in [1.165, 1.54) is 0 Å². The predicted molar refractivity (Wildman–Crippen MR) is 56.2 cm³/mol. The van der Waals surface area contributed by atoms with Gasteiger partial charge in [0.2, 0.25) is 11.9 Å². The summed E-state index contributed by atoms with van der Waals surface area (Å²) in [6.45, 7) is 0.200. The molecule has 0 atom stereocenters. The number of ether oxygens (including phenoxy) is 1. The van der Waals surface area contributed by atoms with Crippen molar-refractivity contribution in [2.45, 2.75) is 0 Å². The highest BCUT2D eigenvalue weighted by molar-refractivity contribution is 6.13. The Hall–Kier alpha value is -2.04. The molecule has 1 aromatic rings. The van der Waals surface area contributed by atoms with E-state index in [1.807, 2.05) is 12.1 Å². The van der Waals surface area contributed by atoms with E-state index in [1.54, 1.807) is 24.1 Å². The van der Waals surface area contributed by atoms with Crippen LogP contribution in [0.15, 0.2) is 24.3 Å². The van der Waals surface area contributed by atoms with Gasteiger partial charge in [-0.25, -0.2) is 0 Å². The summed E-state index contributed by atoms with van der Waals surface area (Å²) in [5.74, 6) is 0.713. The number of carbonyl (C=O) groups is 1. The summed E-state index contributed by atoms with van der Waals surface area (Å²) in [5.41, 5.74) is 0.805. The molecule has 78 valence electrons. The first kappa shape index (κ1) is 9.51. The fourth-order valence-electron chi connectivity index (χ4n) is 1.44. The number of nitrogens with one attached hydrogen (secondary N) is 2. The number of rotatable bonds is 2. The molecule has 0 radical (unpaired) electrons. The van der Waals surface area contributed by atoms with Crippen LogP contribution in [0.5, 0.6) is 5.75 Å². The SMILES string of the molecule is COc1ccc(N2CC(=O)NC2=N)cc1. The zero-order valence-corrected chi connectivity index (χ0v) is 8.28. The zero-order valence-electron chi connectivity index (χ0n) is 8.28. The number of carbonyl (C=O) groups excluding carboxylic acids is 1. The van der Waals surface area contributed by atoms with E-state index in [4.69, 9.17) is 10.1 Å². The van der Waals surface area contributed by atoms with Crippen LogP contribution in [-0.2, 0) is 4.79 Å². The highest BCUT2D eigenvalue weighted by Gasteiger charge is 2.24. The Bertz CT molecular complexity index is 400. The van der Waals surface area contributed by atoms with Gasteiger partial charge in [0.05, 0.1) is 7.11 Å². The van der Waals surface area contributed by atoms with E-state index < -0.39 is 0 Å². The molecule has 0 aliphatic carbocycles. The lowest BCUT2D eigenvalue weighted by Gasteiger charge is -2.15. The van der Waals surface area contributed by atoms with Crippen molar-refractivity contribution in [2.75, 3.05) is 18.6 Å². The predicted octanol–water partition coefficient (Wildman–Crippen LogP) is 0.566. The average molecular weight is 205 g/mol. The average Bonchev–Trinajstić information content (AvgIpc) is 2.58. The molecule has 1 amide bonds. The van der Waals surface area contributed by atoms with Crippen LogP contribution in [0.1, 0.15) is 0 Å². The number of benzene rings is 1. The number of anilines is 1. The molecule has 1 aromatic carbocycles. The molecule has 2 N–H and O–H groups in total. The van der Waals surface area contributed by atoms with Crippen molar-refractivity contribution in [3.05, 3.63) is 24.3 Å². The van der Waals surface area contributed by atoms with E-state index in [0.29, 0.717) is 0 Å². The van der Waals surface area contributed by atoms with Gasteiger partial charge in [0.1, 0.15) is 12.3 Å². The van der Waals surface area contributed by atoms with Crippen LogP contribution in [0, 0.1) is 5.41 Å². The van der Waals surface area contributed by atoms with Crippen molar-refractivity contribution >= 4 is 17.6 Å². The number of nitrogens with zero attached hydrogens (tertiary/aromatic N) is 1. The maximum absolute atomic E-state index is 11.0. The van der Waals surface area contributed by atoms with Crippen molar-refractivity contribution < 1.29 is 9.53 Å². The van der Waals surface area contributed by atoms with Crippen molar-refractivity contribution in [3.8, 4) is 5.75 Å². The summed E-state index contributed by atoms with van der Waals surface area (Å²) in [4.78, 5) is 12.6. The molecule has 0 saturated carbocycles. The molecule has 1 aliphatic heterocycles. The molecular formula is C10H11N3O2. The van der Waals surface area contributed by atoms with Gasteiger partial charge in [-0.1, -0.05) is 0 Å². The molecule has 0 spiro atoms. The Kier molecular flexibility index (Phi) is 2.29. The van der Waals surface area contributed by atoms with Gasteiger partial charge >= 0.3 is 0 Å². The standard InChI is InChI=1S/C10H11N3O2/c1-15-8-4-2-7(3-5-8)13-6-9(14)12-10(13)11/h2-5H,6H2,1H3,(H2,11,12,14). The van der Waals surface area contributed by atoms with Crippen molar-refractivity contribution in [1.29, 1.82) is 5.41 Å². The molecule has 0 bridgehead atoms. The van der Waals surface area contributed by atoms with Gasteiger partial charge < -0.3 is 9.64 Å². The van der Waals surface area contributed by atoms with Gasteiger partial charge in [0.25, 0.3) is 0 Å². The monoisotopic (exact) mass is 205 g/mol. The third-order valence-corrected chi connectivity index (χ3v) is 2.21. The first-order chi connectivity index (χ1) is 7.20. The quantitative estimate of drug-likeness (QED) is 0.741. The lowest BCUT2D eigenvalue weighted by molar-refractivity contribution is -0.117. The normalized spacial score (nSPS) is 15.4. The second kappa shape index (κ2) is 3.61. The van der Waals surface area contributed by atoms with E-state index in [-0.39, 0.29) is 18.4 Å². The van der Waals surface area contributed by atoms with E-state index in [9.17, 15) is 4.79 Å². The maximum atomic E-state index is 11.0. The minimum absolute atomic E-state index is 0.116. The lowest BCUT2D eigenvalue weighted by Crippen LogP contribution is -2.28. The van der Waals surface area contributed by atoms with Crippen molar-refractivity contribution in [3.63, 3.8) is 0 Å². The van der Waals surface area contributed by atoms with Crippen LogP contribution in [0.4, 0.5) is 5.69 Å². The summed E-state index contributed by atoms with van der Waals surface area (Å²) >= 11 is 0. The summed E-state index contributed by atoms with van der Waals surface area (Å²) in [7, 11) is 1.60. The molecule has 1 heterocycles. The minimum atomic E-state index is -0.157. The van der Waals surface area contributed by atoms with Crippen LogP contribution >= 0.6 is 0 Å². The highest BCUT2D eigenvalue weighted by Crippen LogP contribution is 2.20. The third-order valence-electron chi connectivity index (χ3n) is 2.21. The van der Waals surface area contributed by atoms with E-state index >= 15 is 0 Å². The first-order valence-electron chi connectivity index (χ1n) is 4.50. The van der Waals surface area contributed by atoms with Gasteiger partial charge in [-0.05, 0) is 24.3 Å². The summed E-state index contributed by atoms with van der Waals surface area (Å²) in [6, 6.07) is 7.22. The molecule has 5 nitrogen and oxygen atoms in total. The van der Waals surface area contributed by atoms with Gasteiger partial charge in [0.15, 0.2) is 0 Å². The topological polar surface area (TPSA) is 65.4 Å². The second-order valence-corrected chi connectivity index (χ2v) is 3.18. The number of hydrogen-bond acceptors (Lipinski definition) is 3. The van der Waals surface area contributed by atoms with Crippen LogP contribution in [0.2, 0.25) is 0 Å². The molecule has 15 heavy (non-hydrogen) atoms. The molecule has 1 aliphatic rings. The molecule has 0 aromatic heterocycles. The molecular weight excluding hydrogens is 194 g/mol. The minimum Gasteiger partial charge on any atom is -0.497 e. The van der Waals surface area contributed by atoms with Gasteiger partial charge in [-0.15, -0.1) is 0 Å². The Labute approximate surface area is 87.2 Å². The maximum Gasteiger partial charge on any atom is 0.246 e. The van der Waals surface area contributed by atoms with Gasteiger partial charge in [-0.3, -0.25) is 15.5 Å². The first-order valence-corrected chi connectivity index (χ1v) is 4.50. The fourth-order valence-corrected chi connectivity index (χ4v) is 1.44. The molecule has 0 unspecified atom stereocenters. The number of amides is 1. The summed E-state index contributed by atoms with van der Waals surface area (Å²) < 4.78 is 5.03. The molecule has 1 fully saturated rings. The largest absolute Gasteiger partial charge is 0.497 e. The lowest BCUT2D eigenvalue weighted by atomic mass is 10.3. The Morgan fingerprint density at radius 3 is 2.53 bits per heavy atom. The highest BCUT2D eigenvalue weighted by atomic mass is 16.5. The second-order valence-electron chi connectivity index (χ2n) is 3.18. The molecule has 5 heteroatoms. The zero-order chi connectivity index (χ0) is 10.8. The fraction of sp³-hybridized carbons (Fsp3) is 0.200. The van der Waals surface area contributed by atoms with Crippen LogP contribution in [0.25, 0.3) is 0 Å². The van der Waals surface area contributed by atoms with Crippen LogP contribution < -0.4 is 15.0 Å². The number of methoxy groups -OCH3 is 1. The molecule has 2 rings (SSSR count). The summed E-state index contributed by atoms with van der Waals surface area (Å²) in [6.07, 6.45) is 0. The van der Waals surface area contributed by atoms with Crippen molar-refractivity contribution in [1.82, 2.24) is 5.32 Å². The Balaban J connectivity index is 2.22. The molecule has 1 saturated heterocycles. The third kappa shape index (κ3) is 1.76. The van der Waals surface area contributed by atoms with Gasteiger partial charge in [-0.2, -0.15) is 0 Å². The van der Waals surface area contributed by atoms with E-state index in [2.05, 4.69) is 5.32 Å². The van der Waals surface area contributed by atoms with E-state index in [0.717, 1.165) is 11.4 Å². The smallest absolute Gasteiger partial charge is 0.246 e. The Morgan fingerprint density at radius 1 is 1.40 bits per heavy atom. The summed E-state index contributed by atoms with van der Waals surface area (Å²) in [5, 5.41) is 9.97. The number of hydrogen-bond donors (Lipinski definition) is 2. The van der Waals surface area contributed by atoms with Crippen LogP contribution in [0.3, 0.4) is 0 Å². The van der Waals surface area contributed by atoms with Crippen LogP contribution in [-0.4, -0.2) is 25.5 Å².